The van der Waals surface area contributed by atoms with Crippen LogP contribution in [0.2, 0.25) is 0 Å². The van der Waals surface area contributed by atoms with Crippen molar-refractivity contribution in [1.82, 2.24) is 0 Å². The number of rotatable bonds is 15. The molecule has 0 saturated carbocycles. The van der Waals surface area contributed by atoms with E-state index in [1.54, 1.807) is 6.16 Å². The fourth-order valence-electron chi connectivity index (χ4n) is 3.44. The fourth-order valence-corrected chi connectivity index (χ4v) is 7.01. The molecule has 0 radical (unpaired) electrons. The Kier molecular flexibility index (Phi) is 14.7. The van der Waals surface area contributed by atoms with E-state index in [0.29, 0.717) is 0 Å². The number of hydrogen-bond acceptors (Lipinski definition) is 0. The number of hydrogen-bond donors (Lipinski definition) is 0. The molecule has 0 N–H and O–H groups in total. The van der Waals surface area contributed by atoms with Gasteiger partial charge in [-0.1, -0.05) is 6.92 Å². The summed E-state index contributed by atoms with van der Waals surface area (Å²) in [4.78, 5) is 0. The summed E-state index contributed by atoms with van der Waals surface area (Å²) < 4.78 is 0. The molecular formula is C19H43P. The third-order valence-corrected chi connectivity index (χ3v) is 11.5. The predicted octanol–water partition coefficient (Wildman–Crippen LogP) is 7.11. The van der Waals surface area contributed by atoms with Crippen molar-refractivity contribution in [1.29, 1.82) is 0 Å². The van der Waals surface area contributed by atoms with Crippen LogP contribution in [0.3, 0.4) is 0 Å². The van der Waals surface area contributed by atoms with E-state index < -0.39 is 7.26 Å². The molecule has 0 aliphatic heterocycles. The fraction of sp³-hybridized carbons (Fsp3) is 1.00. The van der Waals surface area contributed by atoms with Gasteiger partial charge in [0.15, 0.2) is 0 Å². The van der Waals surface area contributed by atoms with Crippen molar-refractivity contribution in [3.63, 3.8) is 0 Å². The minimum atomic E-state index is -0.811. The summed E-state index contributed by atoms with van der Waals surface area (Å²) in [7, 11) is -0.811. The van der Waals surface area contributed by atoms with Gasteiger partial charge >= 0.3 is 123 Å². The van der Waals surface area contributed by atoms with E-state index in [0.717, 1.165) is 0 Å². The van der Waals surface area contributed by atoms with E-state index >= 15 is 0 Å². The Morgan fingerprint density at radius 3 is 1.15 bits per heavy atom. The molecule has 0 heterocycles. The molecule has 0 aliphatic carbocycles. The second-order valence-electron chi connectivity index (χ2n) is 6.85. The van der Waals surface area contributed by atoms with E-state index in [1.807, 2.05) is 0 Å². The Bertz CT molecular complexity index is 176. The Labute approximate surface area is 130 Å². The zero-order valence-electron chi connectivity index (χ0n) is 15.1. The topological polar surface area (TPSA) is 0 Å². The van der Waals surface area contributed by atoms with Crippen molar-refractivity contribution in [2.24, 2.45) is 0 Å². The standard InChI is InChI=1S/C19H43P/c1-5-9-10-11-12-13-14-15-16-17-18-19-20(6-2,7-3)8-4/h20H,5-19H2,1-4H3. The van der Waals surface area contributed by atoms with Gasteiger partial charge in [0.05, 0.1) is 0 Å². The van der Waals surface area contributed by atoms with Gasteiger partial charge in [-0.2, -0.15) is 0 Å². The first kappa shape index (κ1) is 20.4. The Balaban J connectivity index is 3.32. The zero-order chi connectivity index (χ0) is 15.1. The van der Waals surface area contributed by atoms with Crippen molar-refractivity contribution in [2.45, 2.75) is 98.3 Å². The maximum atomic E-state index is 2.44. The maximum absolute atomic E-state index is 2.44. The van der Waals surface area contributed by atoms with Gasteiger partial charge in [0.25, 0.3) is 0 Å². The predicted molar refractivity (Wildman–Crippen MR) is 101 cm³/mol. The summed E-state index contributed by atoms with van der Waals surface area (Å²) >= 11 is 0. The minimum absolute atomic E-state index is 0.811. The normalized spacial score (nSPS) is 12.8. The van der Waals surface area contributed by atoms with Gasteiger partial charge in [-0.05, 0) is 0 Å². The molecule has 0 nitrogen and oxygen atoms in total. The van der Waals surface area contributed by atoms with Gasteiger partial charge in [-0.15, -0.1) is 0 Å². The summed E-state index contributed by atoms with van der Waals surface area (Å²) in [6.45, 7) is 9.63. The van der Waals surface area contributed by atoms with Crippen molar-refractivity contribution >= 4 is 7.26 Å². The second-order valence-corrected chi connectivity index (χ2v) is 12.5. The van der Waals surface area contributed by atoms with Crippen LogP contribution in [0, 0.1) is 0 Å². The van der Waals surface area contributed by atoms with Crippen LogP contribution < -0.4 is 0 Å². The van der Waals surface area contributed by atoms with Gasteiger partial charge in [0.2, 0.25) is 0 Å². The average Bonchev–Trinajstić information content (AvgIpc) is 2.49. The van der Waals surface area contributed by atoms with Crippen LogP contribution in [-0.4, -0.2) is 24.6 Å². The first-order valence-corrected chi connectivity index (χ1v) is 12.6. The molecule has 0 aliphatic rings. The third-order valence-electron chi connectivity index (χ3n) is 5.56. The molecule has 0 saturated heterocycles. The van der Waals surface area contributed by atoms with E-state index in [-0.39, 0.29) is 0 Å². The van der Waals surface area contributed by atoms with Crippen molar-refractivity contribution in [2.75, 3.05) is 24.6 Å². The molecule has 1 heteroatoms. The van der Waals surface area contributed by atoms with Crippen LogP contribution in [0.25, 0.3) is 0 Å². The van der Waals surface area contributed by atoms with Crippen LogP contribution in [-0.2, 0) is 0 Å². The summed E-state index contributed by atoms with van der Waals surface area (Å²) in [5, 5.41) is 0. The summed E-state index contributed by atoms with van der Waals surface area (Å²) in [6.07, 6.45) is 22.4. The van der Waals surface area contributed by atoms with Crippen LogP contribution in [0.15, 0.2) is 0 Å². The Hall–Kier alpha value is 0.430. The molecule has 0 bridgehead atoms. The molecule has 0 aromatic heterocycles. The molecular weight excluding hydrogens is 259 g/mol. The van der Waals surface area contributed by atoms with Gasteiger partial charge < -0.3 is 0 Å². The van der Waals surface area contributed by atoms with Crippen LogP contribution in [0.1, 0.15) is 98.3 Å². The van der Waals surface area contributed by atoms with E-state index in [1.165, 1.54) is 89.1 Å². The molecule has 0 amide bonds. The van der Waals surface area contributed by atoms with Gasteiger partial charge in [0, 0.05) is 0 Å². The third kappa shape index (κ3) is 10.2. The van der Waals surface area contributed by atoms with Gasteiger partial charge in [0.1, 0.15) is 0 Å². The van der Waals surface area contributed by atoms with Crippen molar-refractivity contribution in [3.8, 4) is 0 Å². The van der Waals surface area contributed by atoms with E-state index in [9.17, 15) is 0 Å². The summed E-state index contributed by atoms with van der Waals surface area (Å²) in [5.41, 5.74) is 0. The summed E-state index contributed by atoms with van der Waals surface area (Å²) in [5.74, 6) is 0. The van der Waals surface area contributed by atoms with Crippen LogP contribution in [0.4, 0.5) is 0 Å². The molecule has 0 fully saturated rings. The van der Waals surface area contributed by atoms with E-state index in [2.05, 4.69) is 27.7 Å². The average molecular weight is 303 g/mol. The summed E-state index contributed by atoms with van der Waals surface area (Å²) in [6, 6.07) is 0. The number of unbranched alkanes of at least 4 members (excludes halogenated alkanes) is 10. The Morgan fingerprint density at radius 1 is 0.450 bits per heavy atom. The van der Waals surface area contributed by atoms with Crippen LogP contribution in [0.5, 0.6) is 0 Å². The quantitative estimate of drug-likeness (QED) is 0.223. The molecule has 0 aromatic rings. The molecule has 0 unspecified atom stereocenters. The first-order chi connectivity index (χ1) is 9.74. The van der Waals surface area contributed by atoms with Gasteiger partial charge in [-0.3, -0.25) is 0 Å². The zero-order valence-corrected chi connectivity index (χ0v) is 16.1. The molecule has 0 aromatic carbocycles. The molecule has 0 rings (SSSR count). The molecule has 0 spiro atoms. The van der Waals surface area contributed by atoms with E-state index in [4.69, 9.17) is 0 Å². The monoisotopic (exact) mass is 302 g/mol. The molecule has 0 atom stereocenters. The SMILES string of the molecule is CCCCCCCCCCCCC[PH](CC)(CC)CC. The Morgan fingerprint density at radius 2 is 0.800 bits per heavy atom. The first-order valence-electron chi connectivity index (χ1n) is 9.74. The van der Waals surface area contributed by atoms with Crippen molar-refractivity contribution < 1.29 is 0 Å². The van der Waals surface area contributed by atoms with Crippen LogP contribution >= 0.6 is 7.26 Å². The van der Waals surface area contributed by atoms with Crippen molar-refractivity contribution in [3.05, 3.63) is 0 Å². The molecule has 124 valence electrons. The second kappa shape index (κ2) is 14.4. The molecule has 20 heavy (non-hydrogen) atoms. The van der Waals surface area contributed by atoms with Gasteiger partial charge in [-0.25, -0.2) is 0 Å².